The zero-order valence-electron chi connectivity index (χ0n) is 11.1. The van der Waals surface area contributed by atoms with E-state index in [0.29, 0.717) is 12.2 Å². The third kappa shape index (κ3) is 3.35. The third-order valence-electron chi connectivity index (χ3n) is 2.76. The molecule has 1 unspecified atom stereocenters. The summed E-state index contributed by atoms with van der Waals surface area (Å²) >= 11 is 1.70. The van der Waals surface area contributed by atoms with Crippen molar-refractivity contribution < 1.29 is 9.53 Å². The highest BCUT2D eigenvalue weighted by Crippen LogP contribution is 2.25. The molecule has 100 valence electrons. The lowest BCUT2D eigenvalue weighted by Gasteiger charge is -2.16. The number of rotatable bonds is 5. The van der Waals surface area contributed by atoms with Crippen LogP contribution in [0.4, 0.5) is 5.69 Å². The van der Waals surface area contributed by atoms with Gasteiger partial charge in [0.1, 0.15) is 0 Å². The van der Waals surface area contributed by atoms with Crippen LogP contribution in [0.3, 0.4) is 0 Å². The lowest BCUT2D eigenvalue weighted by Crippen LogP contribution is -2.11. The zero-order chi connectivity index (χ0) is 13.7. The number of anilines is 1. The summed E-state index contributed by atoms with van der Waals surface area (Å²) < 4.78 is 5.06. The number of ether oxygens (including phenoxy) is 1. The summed E-state index contributed by atoms with van der Waals surface area (Å²) in [6, 6.07) is 11.7. The zero-order valence-corrected chi connectivity index (χ0v) is 11.9. The molecule has 1 heterocycles. The van der Waals surface area contributed by atoms with Gasteiger partial charge < -0.3 is 10.1 Å². The van der Waals surface area contributed by atoms with E-state index in [4.69, 9.17) is 4.74 Å². The summed E-state index contributed by atoms with van der Waals surface area (Å²) in [4.78, 5) is 13.1. The third-order valence-corrected chi connectivity index (χ3v) is 3.82. The molecular weight excluding hydrogens is 258 g/mol. The van der Waals surface area contributed by atoms with Crippen molar-refractivity contribution in [3.63, 3.8) is 0 Å². The molecule has 0 aliphatic heterocycles. The maximum Gasteiger partial charge on any atom is 0.340 e. The van der Waals surface area contributed by atoms with E-state index in [2.05, 4.69) is 18.3 Å². The Bertz CT molecular complexity index is 537. The Labute approximate surface area is 117 Å². The van der Waals surface area contributed by atoms with Gasteiger partial charge in [-0.25, -0.2) is 4.79 Å². The molecule has 0 radical (unpaired) electrons. The fraction of sp³-hybridized carbons (Fsp3) is 0.267. The van der Waals surface area contributed by atoms with E-state index < -0.39 is 0 Å². The van der Waals surface area contributed by atoms with E-state index in [0.717, 1.165) is 5.69 Å². The molecule has 1 aromatic heterocycles. The molecule has 0 fully saturated rings. The Morgan fingerprint density at radius 3 is 2.79 bits per heavy atom. The Balaban J connectivity index is 2.18. The summed E-state index contributed by atoms with van der Waals surface area (Å²) in [5.74, 6) is -0.288. The van der Waals surface area contributed by atoms with Crippen LogP contribution in [-0.4, -0.2) is 12.6 Å². The first kappa shape index (κ1) is 13.6. The van der Waals surface area contributed by atoms with Crippen molar-refractivity contribution in [1.29, 1.82) is 0 Å². The number of hydrogen-bond acceptors (Lipinski definition) is 4. The Hall–Kier alpha value is -1.81. The van der Waals surface area contributed by atoms with E-state index in [1.165, 1.54) is 4.88 Å². The monoisotopic (exact) mass is 275 g/mol. The normalized spacial score (nSPS) is 11.9. The van der Waals surface area contributed by atoms with Crippen molar-refractivity contribution in [2.75, 3.05) is 11.9 Å². The van der Waals surface area contributed by atoms with Gasteiger partial charge in [0.15, 0.2) is 0 Å². The molecule has 2 aromatic rings. The summed E-state index contributed by atoms with van der Waals surface area (Å²) in [6.07, 6.45) is 0. The highest BCUT2D eigenvalue weighted by atomic mass is 32.1. The maximum absolute atomic E-state index is 11.9. The van der Waals surface area contributed by atoms with Crippen molar-refractivity contribution in [2.24, 2.45) is 0 Å². The topological polar surface area (TPSA) is 38.3 Å². The summed E-state index contributed by atoms with van der Waals surface area (Å²) in [5, 5.41) is 5.41. The molecule has 4 heteroatoms. The number of esters is 1. The van der Waals surface area contributed by atoms with Gasteiger partial charge in [0, 0.05) is 10.6 Å². The predicted molar refractivity (Wildman–Crippen MR) is 78.8 cm³/mol. The molecule has 2 rings (SSSR count). The molecule has 0 saturated carbocycles. The van der Waals surface area contributed by atoms with Crippen LogP contribution in [0.2, 0.25) is 0 Å². The smallest absolute Gasteiger partial charge is 0.340 e. The minimum absolute atomic E-state index is 0.163. The van der Waals surface area contributed by atoms with Crippen LogP contribution in [0, 0.1) is 0 Å². The Kier molecular flexibility index (Phi) is 4.58. The molecule has 0 aliphatic rings. The largest absolute Gasteiger partial charge is 0.462 e. The van der Waals surface area contributed by atoms with Gasteiger partial charge in [0.2, 0.25) is 0 Å². The van der Waals surface area contributed by atoms with Gasteiger partial charge in [-0.05, 0) is 37.4 Å². The van der Waals surface area contributed by atoms with Crippen LogP contribution >= 0.6 is 11.3 Å². The number of hydrogen-bond donors (Lipinski definition) is 1. The average molecular weight is 275 g/mol. The minimum atomic E-state index is -0.288. The molecule has 19 heavy (non-hydrogen) atoms. The molecular formula is C15H17NO2S. The van der Waals surface area contributed by atoms with Crippen LogP contribution in [0.15, 0.2) is 41.8 Å². The first-order valence-electron chi connectivity index (χ1n) is 6.28. The summed E-state index contributed by atoms with van der Waals surface area (Å²) in [7, 11) is 0. The maximum atomic E-state index is 11.9. The standard InChI is InChI=1S/C15H17NO2S/c1-3-18-15(17)12-7-4-5-8-13(12)16-11(2)14-9-6-10-19-14/h4-11,16H,3H2,1-2H3. The van der Waals surface area contributed by atoms with Crippen molar-refractivity contribution in [3.05, 3.63) is 52.2 Å². The van der Waals surface area contributed by atoms with Gasteiger partial charge in [0.25, 0.3) is 0 Å². The second-order valence-corrected chi connectivity index (χ2v) is 5.13. The van der Waals surface area contributed by atoms with Gasteiger partial charge in [-0.1, -0.05) is 18.2 Å². The second kappa shape index (κ2) is 6.38. The fourth-order valence-corrected chi connectivity index (χ4v) is 2.57. The van der Waals surface area contributed by atoms with Crippen molar-refractivity contribution >= 4 is 23.0 Å². The summed E-state index contributed by atoms with van der Waals surface area (Å²) in [6.45, 7) is 4.27. The lowest BCUT2D eigenvalue weighted by atomic mass is 10.1. The molecule has 1 aromatic carbocycles. The number of nitrogens with one attached hydrogen (secondary N) is 1. The Morgan fingerprint density at radius 2 is 2.11 bits per heavy atom. The van der Waals surface area contributed by atoms with E-state index in [-0.39, 0.29) is 12.0 Å². The molecule has 0 aliphatic carbocycles. The molecule has 0 bridgehead atoms. The average Bonchev–Trinajstić information content (AvgIpc) is 2.93. The first-order valence-corrected chi connectivity index (χ1v) is 7.16. The highest BCUT2D eigenvalue weighted by Gasteiger charge is 2.14. The van der Waals surface area contributed by atoms with Crippen LogP contribution in [0.5, 0.6) is 0 Å². The molecule has 1 N–H and O–H groups in total. The number of para-hydroxylation sites is 1. The molecule has 0 saturated heterocycles. The summed E-state index contributed by atoms with van der Waals surface area (Å²) in [5.41, 5.74) is 1.38. The van der Waals surface area contributed by atoms with Crippen molar-refractivity contribution in [3.8, 4) is 0 Å². The molecule has 1 atom stereocenters. The first-order chi connectivity index (χ1) is 9.22. The van der Waals surface area contributed by atoms with E-state index in [9.17, 15) is 4.79 Å². The lowest BCUT2D eigenvalue weighted by molar-refractivity contribution is 0.0527. The van der Waals surface area contributed by atoms with Crippen LogP contribution in [0.25, 0.3) is 0 Å². The number of benzene rings is 1. The fourth-order valence-electron chi connectivity index (χ4n) is 1.84. The molecule has 0 spiro atoms. The van der Waals surface area contributed by atoms with Crippen molar-refractivity contribution in [2.45, 2.75) is 19.9 Å². The number of carbonyl (C=O) groups is 1. The van der Waals surface area contributed by atoms with Gasteiger partial charge in [-0.15, -0.1) is 11.3 Å². The quantitative estimate of drug-likeness (QED) is 0.835. The number of carbonyl (C=O) groups excluding carboxylic acids is 1. The molecule has 0 amide bonds. The van der Waals surface area contributed by atoms with Crippen molar-refractivity contribution in [1.82, 2.24) is 0 Å². The van der Waals surface area contributed by atoms with Gasteiger partial charge in [-0.3, -0.25) is 0 Å². The predicted octanol–water partition coefficient (Wildman–Crippen LogP) is 4.10. The van der Waals surface area contributed by atoms with Gasteiger partial charge in [-0.2, -0.15) is 0 Å². The van der Waals surface area contributed by atoms with Gasteiger partial charge in [0.05, 0.1) is 18.2 Å². The van der Waals surface area contributed by atoms with E-state index in [1.54, 1.807) is 17.4 Å². The minimum Gasteiger partial charge on any atom is -0.462 e. The molecule has 3 nitrogen and oxygen atoms in total. The van der Waals surface area contributed by atoms with E-state index >= 15 is 0 Å². The number of thiophene rings is 1. The van der Waals surface area contributed by atoms with Gasteiger partial charge >= 0.3 is 5.97 Å². The second-order valence-electron chi connectivity index (χ2n) is 4.15. The van der Waals surface area contributed by atoms with Crippen LogP contribution in [-0.2, 0) is 4.74 Å². The Morgan fingerprint density at radius 1 is 1.32 bits per heavy atom. The van der Waals surface area contributed by atoms with Crippen LogP contribution in [0.1, 0.15) is 35.1 Å². The van der Waals surface area contributed by atoms with E-state index in [1.807, 2.05) is 36.6 Å². The van der Waals surface area contributed by atoms with Crippen LogP contribution < -0.4 is 5.32 Å². The highest BCUT2D eigenvalue weighted by molar-refractivity contribution is 7.10. The SMILES string of the molecule is CCOC(=O)c1ccccc1NC(C)c1cccs1.